The Morgan fingerprint density at radius 2 is 2.00 bits per heavy atom. The lowest BCUT2D eigenvalue weighted by molar-refractivity contribution is -0.117. The Labute approximate surface area is 167 Å². The van der Waals surface area contributed by atoms with Crippen LogP contribution in [0.1, 0.15) is 24.8 Å². The first-order valence-corrected chi connectivity index (χ1v) is 8.78. The second kappa shape index (κ2) is 11.1. The van der Waals surface area contributed by atoms with E-state index in [1.807, 2.05) is 18.2 Å². The number of benzene rings is 1. The lowest BCUT2D eigenvalue weighted by Gasteiger charge is -2.31. The van der Waals surface area contributed by atoms with E-state index in [9.17, 15) is 15.0 Å². The van der Waals surface area contributed by atoms with E-state index in [-0.39, 0.29) is 36.8 Å². The number of carbonyl (C=O) groups excluding carboxylic acids is 1. The molecule has 0 aromatic heterocycles. The van der Waals surface area contributed by atoms with Crippen LogP contribution in [-0.4, -0.2) is 59.4 Å². The molecule has 2 unspecified atom stereocenters. The third-order valence-electron chi connectivity index (χ3n) is 4.99. The van der Waals surface area contributed by atoms with Gasteiger partial charge in [-0.2, -0.15) is 0 Å². The Bertz CT molecular complexity index is 568. The molecule has 3 rings (SSSR count). The smallest absolute Gasteiger partial charge is 0.241 e. The van der Waals surface area contributed by atoms with Crippen LogP contribution in [-0.2, 0) is 11.3 Å². The van der Waals surface area contributed by atoms with E-state index < -0.39 is 6.10 Å². The predicted octanol–water partition coefficient (Wildman–Crippen LogP) is 1.40. The fraction of sp³-hybridized carbons (Fsp3) is 0.611. The number of nitrogens with zero attached hydrogens (tertiary/aromatic N) is 1. The quantitative estimate of drug-likeness (QED) is 0.594. The van der Waals surface area contributed by atoms with Gasteiger partial charge in [0.25, 0.3) is 0 Å². The number of rotatable bonds is 5. The van der Waals surface area contributed by atoms with E-state index in [0.717, 1.165) is 38.2 Å². The molecule has 8 heteroatoms. The molecule has 0 spiro atoms. The van der Waals surface area contributed by atoms with Gasteiger partial charge < -0.3 is 20.8 Å². The second-order valence-electron chi connectivity index (χ2n) is 6.94. The zero-order valence-corrected chi connectivity index (χ0v) is 16.4. The number of aliphatic hydroxyl groups is 2. The molecular weight excluding hydrogens is 377 g/mol. The number of halogens is 2. The van der Waals surface area contributed by atoms with Gasteiger partial charge in [0.2, 0.25) is 5.91 Å². The molecule has 0 aliphatic carbocycles. The van der Waals surface area contributed by atoms with Gasteiger partial charge in [-0.15, -0.1) is 24.8 Å². The Morgan fingerprint density at radius 1 is 1.27 bits per heavy atom. The maximum Gasteiger partial charge on any atom is 0.241 e. The van der Waals surface area contributed by atoms with Crippen LogP contribution in [0.4, 0.5) is 5.69 Å². The van der Waals surface area contributed by atoms with Gasteiger partial charge in [0.05, 0.1) is 12.1 Å². The van der Waals surface area contributed by atoms with Crippen LogP contribution in [0.25, 0.3) is 0 Å². The Balaban J connectivity index is 0.00000169. The summed E-state index contributed by atoms with van der Waals surface area (Å²) in [4.78, 5) is 14.6. The summed E-state index contributed by atoms with van der Waals surface area (Å²) in [7, 11) is 0. The third kappa shape index (κ3) is 6.37. The standard InChI is InChI=1S/C18H27N3O3.2ClH/c22-12-13-4-6-21(7-5-13)11-14-2-1-3-15(8-14)20-18(24)17-9-16(23)10-19-17;;/h1-3,8,13,16-17,19,22-23H,4-7,9-12H2,(H,20,24);2*1H. The van der Waals surface area contributed by atoms with Crippen molar-refractivity contribution in [1.82, 2.24) is 10.2 Å². The van der Waals surface area contributed by atoms with Crippen molar-refractivity contribution in [2.24, 2.45) is 5.92 Å². The van der Waals surface area contributed by atoms with Gasteiger partial charge >= 0.3 is 0 Å². The highest BCUT2D eigenvalue weighted by atomic mass is 35.5. The fourth-order valence-electron chi connectivity index (χ4n) is 3.48. The largest absolute Gasteiger partial charge is 0.396 e. The van der Waals surface area contributed by atoms with Gasteiger partial charge in [-0.1, -0.05) is 12.1 Å². The molecule has 2 fully saturated rings. The van der Waals surface area contributed by atoms with Crippen LogP contribution in [0, 0.1) is 5.92 Å². The molecule has 4 N–H and O–H groups in total. The number of amides is 1. The van der Waals surface area contributed by atoms with Gasteiger partial charge in [0.15, 0.2) is 0 Å². The van der Waals surface area contributed by atoms with Gasteiger partial charge in [-0.25, -0.2) is 0 Å². The molecular formula is C18H29Cl2N3O3. The fourth-order valence-corrected chi connectivity index (χ4v) is 3.48. The zero-order chi connectivity index (χ0) is 16.9. The van der Waals surface area contributed by atoms with E-state index in [1.54, 1.807) is 0 Å². The number of nitrogens with one attached hydrogen (secondary N) is 2. The number of carbonyl (C=O) groups is 1. The first-order valence-electron chi connectivity index (χ1n) is 8.78. The summed E-state index contributed by atoms with van der Waals surface area (Å²) in [5.41, 5.74) is 1.97. The number of β-amino-alcohol motifs (C(OH)–C–C–N with tert-alkyl or cyclic N) is 1. The summed E-state index contributed by atoms with van der Waals surface area (Å²) in [5, 5.41) is 24.7. The lowest BCUT2D eigenvalue weighted by Crippen LogP contribution is -2.35. The van der Waals surface area contributed by atoms with Crippen LogP contribution in [0.3, 0.4) is 0 Å². The third-order valence-corrected chi connectivity index (χ3v) is 4.99. The average molecular weight is 406 g/mol. The summed E-state index contributed by atoms with van der Waals surface area (Å²) in [6.07, 6.45) is 2.12. The molecule has 0 saturated carbocycles. The van der Waals surface area contributed by atoms with Crippen molar-refractivity contribution in [3.8, 4) is 0 Å². The molecule has 6 nitrogen and oxygen atoms in total. The van der Waals surface area contributed by atoms with Crippen molar-refractivity contribution in [3.05, 3.63) is 29.8 Å². The number of hydrogen-bond acceptors (Lipinski definition) is 5. The van der Waals surface area contributed by atoms with Crippen molar-refractivity contribution in [1.29, 1.82) is 0 Å². The normalized spacial score (nSPS) is 23.8. The maximum atomic E-state index is 12.2. The molecule has 26 heavy (non-hydrogen) atoms. The zero-order valence-electron chi connectivity index (χ0n) is 14.8. The van der Waals surface area contributed by atoms with Crippen LogP contribution in [0.15, 0.2) is 24.3 Å². The van der Waals surface area contributed by atoms with Crippen molar-refractivity contribution in [3.63, 3.8) is 0 Å². The Morgan fingerprint density at radius 3 is 2.62 bits per heavy atom. The van der Waals surface area contributed by atoms with E-state index >= 15 is 0 Å². The molecule has 0 radical (unpaired) electrons. The molecule has 2 aliphatic rings. The molecule has 2 aliphatic heterocycles. The second-order valence-corrected chi connectivity index (χ2v) is 6.94. The first-order chi connectivity index (χ1) is 11.6. The number of hydrogen-bond donors (Lipinski definition) is 4. The van der Waals surface area contributed by atoms with Crippen molar-refractivity contribution in [2.75, 3.05) is 31.6 Å². The monoisotopic (exact) mass is 405 g/mol. The highest BCUT2D eigenvalue weighted by Gasteiger charge is 2.28. The van der Waals surface area contributed by atoms with E-state index in [2.05, 4.69) is 21.6 Å². The summed E-state index contributed by atoms with van der Waals surface area (Å²) in [6, 6.07) is 7.63. The topological polar surface area (TPSA) is 84.8 Å². The molecule has 2 atom stereocenters. The number of anilines is 1. The summed E-state index contributed by atoms with van der Waals surface area (Å²) < 4.78 is 0. The van der Waals surface area contributed by atoms with Crippen molar-refractivity contribution < 1.29 is 15.0 Å². The number of aliphatic hydroxyl groups excluding tert-OH is 2. The van der Waals surface area contributed by atoms with Crippen molar-refractivity contribution in [2.45, 2.75) is 38.0 Å². The van der Waals surface area contributed by atoms with Gasteiger partial charge in [0, 0.05) is 25.4 Å². The average Bonchev–Trinajstić information content (AvgIpc) is 3.02. The highest BCUT2D eigenvalue weighted by molar-refractivity contribution is 5.95. The van der Waals surface area contributed by atoms with Crippen LogP contribution >= 0.6 is 24.8 Å². The van der Waals surface area contributed by atoms with Crippen molar-refractivity contribution >= 4 is 36.4 Å². The molecule has 148 valence electrons. The molecule has 1 amide bonds. The van der Waals surface area contributed by atoms with Crippen LogP contribution < -0.4 is 10.6 Å². The minimum atomic E-state index is -0.436. The summed E-state index contributed by atoms with van der Waals surface area (Å²) >= 11 is 0. The van der Waals surface area contributed by atoms with Gasteiger partial charge in [-0.05, 0) is 56.0 Å². The summed E-state index contributed by atoms with van der Waals surface area (Å²) in [6.45, 7) is 3.64. The molecule has 2 heterocycles. The number of likely N-dealkylation sites (tertiary alicyclic amines) is 1. The van der Waals surface area contributed by atoms with E-state index in [4.69, 9.17) is 0 Å². The Kier molecular flexibility index (Phi) is 9.85. The highest BCUT2D eigenvalue weighted by Crippen LogP contribution is 2.20. The van der Waals surface area contributed by atoms with Gasteiger partial charge in [0.1, 0.15) is 0 Å². The van der Waals surface area contributed by atoms with Crippen LogP contribution in [0.2, 0.25) is 0 Å². The molecule has 2 saturated heterocycles. The number of piperidine rings is 1. The SMILES string of the molecule is Cl.Cl.O=C(Nc1cccc(CN2CCC(CO)CC2)c1)C1CC(O)CN1. The minimum Gasteiger partial charge on any atom is -0.396 e. The van der Waals surface area contributed by atoms with Crippen LogP contribution in [0.5, 0.6) is 0 Å². The van der Waals surface area contributed by atoms with Gasteiger partial charge in [-0.3, -0.25) is 9.69 Å². The summed E-state index contributed by atoms with van der Waals surface area (Å²) in [5.74, 6) is 0.355. The molecule has 1 aromatic rings. The van der Waals surface area contributed by atoms with E-state index in [0.29, 0.717) is 25.5 Å². The Hall–Kier alpha value is -0.890. The maximum absolute atomic E-state index is 12.2. The predicted molar refractivity (Wildman–Crippen MR) is 107 cm³/mol. The molecule has 0 bridgehead atoms. The first kappa shape index (κ1) is 23.1. The molecule has 1 aromatic carbocycles. The minimum absolute atomic E-state index is 0. The lowest BCUT2D eigenvalue weighted by atomic mass is 9.97. The van der Waals surface area contributed by atoms with E-state index in [1.165, 1.54) is 5.56 Å².